The van der Waals surface area contributed by atoms with Crippen LogP contribution in [0.25, 0.3) is 11.0 Å². The molecule has 0 saturated heterocycles. The molecular weight excluding hydrogens is 220 g/mol. The number of hydrogen-bond acceptors (Lipinski definition) is 1. The fourth-order valence-electron chi connectivity index (χ4n) is 1.86. The third kappa shape index (κ3) is 2.12. The Labute approximate surface area is 102 Å². The summed E-state index contributed by atoms with van der Waals surface area (Å²) in [6, 6.07) is 8.24. The molecule has 16 heavy (non-hydrogen) atoms. The Balaban J connectivity index is 0.00000128. The maximum atomic E-state index is 4.65. The molecule has 1 aromatic heterocycles. The summed E-state index contributed by atoms with van der Waals surface area (Å²) >= 11 is 0. The number of aromatic nitrogens is 2. The van der Waals surface area contributed by atoms with Crippen molar-refractivity contribution in [1.29, 1.82) is 0 Å². The number of para-hydroxylation sites is 2. The van der Waals surface area contributed by atoms with Crippen LogP contribution in [-0.2, 0) is 6.54 Å². The molecule has 0 spiro atoms. The normalized spacial score (nSPS) is 10.4. The molecule has 0 unspecified atom stereocenters. The summed E-state index contributed by atoms with van der Waals surface area (Å²) in [4.78, 5) is 4.65. The van der Waals surface area contributed by atoms with Gasteiger partial charge in [-0.05, 0) is 12.1 Å². The minimum atomic E-state index is 0. The number of rotatable bonds is 3. The lowest BCUT2D eigenvalue weighted by molar-refractivity contribution is 0.692. The van der Waals surface area contributed by atoms with E-state index in [-0.39, 0.29) is 12.4 Å². The predicted molar refractivity (Wildman–Crippen MR) is 71.3 cm³/mol. The SMILES string of the molecule is C=CCn1c(C(C)C)nc2ccccc21.Cl. The maximum Gasteiger partial charge on any atom is 0.112 e. The molecule has 0 N–H and O–H groups in total. The van der Waals surface area contributed by atoms with Gasteiger partial charge in [-0.1, -0.05) is 32.1 Å². The van der Waals surface area contributed by atoms with Crippen LogP contribution in [0.2, 0.25) is 0 Å². The summed E-state index contributed by atoms with van der Waals surface area (Å²) in [5, 5.41) is 0. The van der Waals surface area contributed by atoms with Gasteiger partial charge in [0.2, 0.25) is 0 Å². The Bertz CT molecular complexity index is 486. The standard InChI is InChI=1S/C13H16N2.ClH/c1-4-9-15-12-8-6-5-7-11(12)14-13(15)10(2)3;/h4-8,10H,1,9H2,2-3H3;1H. The molecule has 0 aliphatic heterocycles. The van der Waals surface area contributed by atoms with E-state index in [1.165, 1.54) is 5.52 Å². The topological polar surface area (TPSA) is 17.8 Å². The van der Waals surface area contributed by atoms with Gasteiger partial charge in [0.25, 0.3) is 0 Å². The average molecular weight is 237 g/mol. The highest BCUT2D eigenvalue weighted by Crippen LogP contribution is 2.21. The van der Waals surface area contributed by atoms with Crippen molar-refractivity contribution >= 4 is 23.4 Å². The maximum absolute atomic E-state index is 4.65. The van der Waals surface area contributed by atoms with Crippen LogP contribution in [0.5, 0.6) is 0 Å². The number of hydrogen-bond donors (Lipinski definition) is 0. The average Bonchev–Trinajstić information content (AvgIpc) is 2.58. The third-order valence-corrected chi connectivity index (χ3v) is 2.51. The molecule has 86 valence electrons. The van der Waals surface area contributed by atoms with Gasteiger partial charge in [0.1, 0.15) is 5.82 Å². The summed E-state index contributed by atoms with van der Waals surface area (Å²) in [5.74, 6) is 1.58. The highest BCUT2D eigenvalue weighted by Gasteiger charge is 2.11. The van der Waals surface area contributed by atoms with Gasteiger partial charge in [-0.2, -0.15) is 0 Å². The zero-order chi connectivity index (χ0) is 10.8. The Hall–Kier alpha value is -1.28. The second-order valence-corrected chi connectivity index (χ2v) is 4.01. The number of benzene rings is 1. The molecule has 1 heterocycles. The van der Waals surface area contributed by atoms with Crippen LogP contribution in [0.15, 0.2) is 36.9 Å². The van der Waals surface area contributed by atoms with Crippen molar-refractivity contribution < 1.29 is 0 Å². The lowest BCUT2D eigenvalue weighted by atomic mass is 10.2. The van der Waals surface area contributed by atoms with E-state index in [0.717, 1.165) is 17.9 Å². The van der Waals surface area contributed by atoms with E-state index in [1.807, 2.05) is 18.2 Å². The zero-order valence-corrected chi connectivity index (χ0v) is 10.5. The van der Waals surface area contributed by atoms with E-state index in [9.17, 15) is 0 Å². The monoisotopic (exact) mass is 236 g/mol. The van der Waals surface area contributed by atoms with E-state index in [4.69, 9.17) is 0 Å². The summed E-state index contributed by atoms with van der Waals surface area (Å²) in [7, 11) is 0. The van der Waals surface area contributed by atoms with Gasteiger partial charge in [-0.25, -0.2) is 4.98 Å². The number of fused-ring (bicyclic) bond motifs is 1. The molecule has 0 amide bonds. The molecule has 0 aliphatic carbocycles. The Morgan fingerprint density at radius 2 is 2.06 bits per heavy atom. The quantitative estimate of drug-likeness (QED) is 0.742. The van der Waals surface area contributed by atoms with Crippen molar-refractivity contribution in [1.82, 2.24) is 9.55 Å². The van der Waals surface area contributed by atoms with Crippen molar-refractivity contribution in [3.05, 3.63) is 42.7 Å². The third-order valence-electron chi connectivity index (χ3n) is 2.51. The Morgan fingerprint density at radius 3 is 2.69 bits per heavy atom. The first kappa shape index (κ1) is 12.8. The predicted octanol–water partition coefficient (Wildman–Crippen LogP) is 3.77. The van der Waals surface area contributed by atoms with Crippen LogP contribution >= 0.6 is 12.4 Å². The van der Waals surface area contributed by atoms with Gasteiger partial charge < -0.3 is 4.57 Å². The van der Waals surface area contributed by atoms with Gasteiger partial charge in [-0.3, -0.25) is 0 Å². The summed E-state index contributed by atoms with van der Waals surface area (Å²) in [5.41, 5.74) is 2.27. The molecule has 0 fully saturated rings. The van der Waals surface area contributed by atoms with Crippen molar-refractivity contribution in [3.8, 4) is 0 Å². The second kappa shape index (κ2) is 5.17. The highest BCUT2D eigenvalue weighted by molar-refractivity contribution is 5.85. The van der Waals surface area contributed by atoms with Crippen LogP contribution in [0.1, 0.15) is 25.6 Å². The van der Waals surface area contributed by atoms with Crippen LogP contribution in [-0.4, -0.2) is 9.55 Å². The van der Waals surface area contributed by atoms with Crippen LogP contribution in [0.3, 0.4) is 0 Å². The summed E-state index contributed by atoms with van der Waals surface area (Å²) in [6.07, 6.45) is 1.92. The molecule has 1 aromatic carbocycles. The lowest BCUT2D eigenvalue weighted by Gasteiger charge is -2.08. The highest BCUT2D eigenvalue weighted by atomic mass is 35.5. The van der Waals surface area contributed by atoms with E-state index >= 15 is 0 Å². The first-order valence-electron chi connectivity index (χ1n) is 5.30. The second-order valence-electron chi connectivity index (χ2n) is 4.01. The van der Waals surface area contributed by atoms with E-state index < -0.39 is 0 Å². The molecule has 0 radical (unpaired) electrons. The van der Waals surface area contributed by atoms with Crippen molar-refractivity contribution in [2.24, 2.45) is 0 Å². The Morgan fingerprint density at radius 1 is 1.38 bits per heavy atom. The van der Waals surface area contributed by atoms with Crippen molar-refractivity contribution in [3.63, 3.8) is 0 Å². The minimum absolute atomic E-state index is 0. The molecule has 2 aromatic rings. The first-order chi connectivity index (χ1) is 7.24. The smallest absolute Gasteiger partial charge is 0.112 e. The zero-order valence-electron chi connectivity index (χ0n) is 9.68. The van der Waals surface area contributed by atoms with E-state index in [0.29, 0.717) is 5.92 Å². The van der Waals surface area contributed by atoms with Gasteiger partial charge in [-0.15, -0.1) is 19.0 Å². The number of nitrogens with zero attached hydrogens (tertiary/aromatic N) is 2. The van der Waals surface area contributed by atoms with Crippen molar-refractivity contribution in [2.45, 2.75) is 26.3 Å². The molecule has 2 nitrogen and oxygen atoms in total. The molecule has 0 saturated carbocycles. The van der Waals surface area contributed by atoms with Gasteiger partial charge >= 0.3 is 0 Å². The molecule has 0 atom stereocenters. The lowest BCUT2D eigenvalue weighted by Crippen LogP contribution is -2.03. The molecule has 0 bridgehead atoms. The molecule has 0 aliphatic rings. The molecule has 2 rings (SSSR count). The number of imidazole rings is 1. The minimum Gasteiger partial charge on any atom is -0.324 e. The van der Waals surface area contributed by atoms with Gasteiger partial charge in [0, 0.05) is 12.5 Å². The van der Waals surface area contributed by atoms with Crippen LogP contribution < -0.4 is 0 Å². The number of allylic oxidation sites excluding steroid dienone is 1. The van der Waals surface area contributed by atoms with Crippen LogP contribution in [0, 0.1) is 0 Å². The van der Waals surface area contributed by atoms with Gasteiger partial charge in [0.05, 0.1) is 11.0 Å². The largest absolute Gasteiger partial charge is 0.324 e. The van der Waals surface area contributed by atoms with E-state index in [2.05, 4.69) is 42.1 Å². The molecule has 3 heteroatoms. The first-order valence-corrected chi connectivity index (χ1v) is 5.30. The summed E-state index contributed by atoms with van der Waals surface area (Å²) in [6.45, 7) is 8.96. The van der Waals surface area contributed by atoms with Crippen molar-refractivity contribution in [2.75, 3.05) is 0 Å². The van der Waals surface area contributed by atoms with Crippen LogP contribution in [0.4, 0.5) is 0 Å². The summed E-state index contributed by atoms with van der Waals surface area (Å²) < 4.78 is 2.23. The molecular formula is C13H17ClN2. The fourth-order valence-corrected chi connectivity index (χ4v) is 1.86. The number of halogens is 1. The van der Waals surface area contributed by atoms with E-state index in [1.54, 1.807) is 0 Å². The van der Waals surface area contributed by atoms with Gasteiger partial charge in [0.15, 0.2) is 0 Å². The fraction of sp³-hybridized carbons (Fsp3) is 0.308. The Kier molecular flexibility index (Phi) is 4.13.